The molecule has 2 amide bonds. The molecule has 1 aromatic heterocycles. The third-order valence-electron chi connectivity index (χ3n) is 5.24. The number of pyridine rings is 1. The first-order chi connectivity index (χ1) is 14.2. The number of ether oxygens (including phenoxy) is 2. The van der Waals surface area contributed by atoms with Crippen molar-refractivity contribution in [3.8, 4) is 5.75 Å². The van der Waals surface area contributed by atoms with Crippen molar-refractivity contribution in [1.29, 1.82) is 0 Å². The zero-order valence-corrected chi connectivity index (χ0v) is 18.2. The maximum Gasteiger partial charge on any atom is 0.437 e. The van der Waals surface area contributed by atoms with Gasteiger partial charge in [-0.15, -0.1) is 0 Å². The largest absolute Gasteiger partial charge is 0.489 e. The second kappa shape index (κ2) is 7.87. The van der Waals surface area contributed by atoms with Crippen LogP contribution in [0.2, 0.25) is 0 Å². The molecule has 1 N–H and O–H groups in total. The summed E-state index contributed by atoms with van der Waals surface area (Å²) in [5, 5.41) is 2.86. The summed E-state index contributed by atoms with van der Waals surface area (Å²) in [4.78, 5) is 29.8. The van der Waals surface area contributed by atoms with Gasteiger partial charge in [0.1, 0.15) is 18.0 Å². The van der Waals surface area contributed by atoms with Gasteiger partial charge >= 0.3 is 12.3 Å². The highest BCUT2D eigenvalue weighted by atomic mass is 19.4. The summed E-state index contributed by atoms with van der Waals surface area (Å²) in [6.07, 6.45) is -3.96. The number of hydrogen-bond acceptors (Lipinski definition) is 5. The molecule has 1 saturated carbocycles. The van der Waals surface area contributed by atoms with Crippen molar-refractivity contribution in [2.24, 2.45) is 17.8 Å². The van der Waals surface area contributed by atoms with Gasteiger partial charge in [-0.25, -0.2) is 9.78 Å². The second-order valence-corrected chi connectivity index (χ2v) is 9.75. The molecule has 2 fully saturated rings. The highest BCUT2D eigenvalue weighted by Gasteiger charge is 2.61. The number of nitrogens with one attached hydrogen (secondary N) is 1. The molecule has 0 aromatic carbocycles. The number of halogens is 3. The lowest BCUT2D eigenvalue weighted by Gasteiger charge is -2.28. The van der Waals surface area contributed by atoms with Gasteiger partial charge in [0.15, 0.2) is 5.69 Å². The molecular weight excluding hydrogens is 415 g/mol. The van der Waals surface area contributed by atoms with E-state index in [4.69, 9.17) is 9.47 Å². The molecular formula is C21H28F3N3O4. The molecule has 10 heteroatoms. The predicted molar refractivity (Wildman–Crippen MR) is 105 cm³/mol. The number of hydrogen-bond donors (Lipinski definition) is 1. The van der Waals surface area contributed by atoms with E-state index in [0.717, 1.165) is 6.20 Å². The van der Waals surface area contributed by atoms with Crippen molar-refractivity contribution >= 4 is 12.0 Å². The van der Waals surface area contributed by atoms with Crippen molar-refractivity contribution in [3.05, 3.63) is 24.0 Å². The summed E-state index contributed by atoms with van der Waals surface area (Å²) in [5.41, 5.74) is -2.57. The van der Waals surface area contributed by atoms with E-state index in [1.54, 1.807) is 39.5 Å². The topological polar surface area (TPSA) is 80.8 Å². The lowest BCUT2D eigenvalue weighted by atomic mass is 10.1. The van der Waals surface area contributed by atoms with Crippen molar-refractivity contribution in [2.75, 3.05) is 19.7 Å². The van der Waals surface area contributed by atoms with Crippen molar-refractivity contribution < 1.29 is 32.2 Å². The standard InChI is InChI=1S/C21H28F3N3O4/c1-19(2,3)31-18(29)27-9-12-13(10-27)15(12)17(28)26-20(4,5)11-30-14-7-6-8-25-16(14)21(22,23)24/h6-8,12-13,15H,9-11H2,1-5H3,(H,26,28). The summed E-state index contributed by atoms with van der Waals surface area (Å²) in [6.45, 7) is 9.51. The van der Waals surface area contributed by atoms with Crippen LogP contribution in [0.3, 0.4) is 0 Å². The quantitative estimate of drug-likeness (QED) is 0.754. The number of carbonyl (C=O) groups is 2. The first-order valence-electron chi connectivity index (χ1n) is 10.1. The Hall–Kier alpha value is -2.52. The average molecular weight is 443 g/mol. The number of likely N-dealkylation sites (tertiary alicyclic amines) is 1. The molecule has 2 atom stereocenters. The van der Waals surface area contributed by atoms with Gasteiger partial charge in [0.05, 0.1) is 5.54 Å². The van der Waals surface area contributed by atoms with Gasteiger partial charge < -0.3 is 19.7 Å². The Morgan fingerprint density at radius 2 is 1.77 bits per heavy atom. The normalized spacial score (nSPS) is 23.2. The second-order valence-electron chi connectivity index (χ2n) is 9.75. The SMILES string of the molecule is CC(C)(COc1cccnc1C(F)(F)F)NC(=O)C1C2CN(C(=O)OC(C)(C)C)CC21. The van der Waals surface area contributed by atoms with Crippen LogP contribution in [0.1, 0.15) is 40.3 Å². The molecule has 0 bridgehead atoms. The molecule has 1 aromatic rings. The molecule has 1 aliphatic carbocycles. The molecule has 3 rings (SSSR count). The fourth-order valence-electron chi connectivity index (χ4n) is 3.82. The van der Waals surface area contributed by atoms with Crippen LogP contribution in [0.4, 0.5) is 18.0 Å². The Balaban J connectivity index is 1.51. The summed E-state index contributed by atoms with van der Waals surface area (Å²) in [7, 11) is 0. The Labute approximate surface area is 179 Å². The lowest BCUT2D eigenvalue weighted by Crippen LogP contribution is -2.49. The van der Waals surface area contributed by atoms with E-state index in [1.165, 1.54) is 12.1 Å². The molecule has 31 heavy (non-hydrogen) atoms. The molecule has 1 aliphatic heterocycles. The Morgan fingerprint density at radius 1 is 1.16 bits per heavy atom. The van der Waals surface area contributed by atoms with Crippen molar-refractivity contribution in [3.63, 3.8) is 0 Å². The number of nitrogens with zero attached hydrogens (tertiary/aromatic N) is 2. The highest BCUT2D eigenvalue weighted by Crippen LogP contribution is 2.52. The van der Waals surface area contributed by atoms with Crippen molar-refractivity contribution in [1.82, 2.24) is 15.2 Å². The zero-order chi connectivity index (χ0) is 23.2. The fourth-order valence-corrected chi connectivity index (χ4v) is 3.82. The van der Waals surface area contributed by atoms with Crippen LogP contribution >= 0.6 is 0 Å². The van der Waals surface area contributed by atoms with E-state index in [1.807, 2.05) is 0 Å². The first-order valence-corrected chi connectivity index (χ1v) is 10.1. The molecule has 7 nitrogen and oxygen atoms in total. The molecule has 172 valence electrons. The average Bonchev–Trinajstić information content (AvgIpc) is 3.12. The maximum atomic E-state index is 13.1. The van der Waals surface area contributed by atoms with E-state index < -0.39 is 23.0 Å². The molecule has 2 unspecified atom stereocenters. The number of fused-ring (bicyclic) bond motifs is 1. The number of amides is 2. The minimum atomic E-state index is -4.63. The summed E-state index contributed by atoms with van der Waals surface area (Å²) in [6, 6.07) is 2.56. The van der Waals surface area contributed by atoms with Crippen LogP contribution in [0.15, 0.2) is 18.3 Å². The first kappa shape index (κ1) is 23.1. The van der Waals surface area contributed by atoms with Crippen LogP contribution in [-0.4, -0.2) is 52.7 Å². The van der Waals surface area contributed by atoms with E-state index in [-0.39, 0.29) is 42.1 Å². The highest BCUT2D eigenvalue weighted by molar-refractivity contribution is 5.84. The summed E-state index contributed by atoms with van der Waals surface area (Å²) < 4.78 is 49.9. The van der Waals surface area contributed by atoms with Crippen molar-refractivity contribution in [2.45, 2.75) is 51.9 Å². The monoisotopic (exact) mass is 443 g/mol. The van der Waals surface area contributed by atoms with Gasteiger partial charge in [-0.05, 0) is 58.6 Å². The third kappa shape index (κ3) is 5.59. The third-order valence-corrected chi connectivity index (χ3v) is 5.24. The van der Waals surface area contributed by atoms with E-state index in [9.17, 15) is 22.8 Å². The van der Waals surface area contributed by atoms with Crippen LogP contribution < -0.4 is 10.1 Å². The Kier molecular flexibility index (Phi) is 5.88. The van der Waals surface area contributed by atoms with Crippen LogP contribution in [-0.2, 0) is 15.7 Å². The van der Waals surface area contributed by atoms with Gasteiger partial charge in [-0.2, -0.15) is 13.2 Å². The van der Waals surface area contributed by atoms with Gasteiger partial charge in [0.25, 0.3) is 0 Å². The van der Waals surface area contributed by atoms with Crippen LogP contribution in [0, 0.1) is 17.8 Å². The van der Waals surface area contributed by atoms with Gasteiger partial charge in [0, 0.05) is 25.2 Å². The zero-order valence-electron chi connectivity index (χ0n) is 18.2. The number of aromatic nitrogens is 1. The summed E-state index contributed by atoms with van der Waals surface area (Å²) >= 11 is 0. The molecule has 2 aliphatic rings. The fraction of sp³-hybridized carbons (Fsp3) is 0.667. The van der Waals surface area contributed by atoms with Gasteiger partial charge in [0.2, 0.25) is 5.91 Å². The smallest absolute Gasteiger partial charge is 0.437 e. The number of piperidine rings is 1. The van der Waals surface area contributed by atoms with Gasteiger partial charge in [-0.3, -0.25) is 4.79 Å². The molecule has 0 radical (unpaired) electrons. The van der Waals surface area contributed by atoms with Gasteiger partial charge in [-0.1, -0.05) is 0 Å². The number of rotatable bonds is 5. The Morgan fingerprint density at radius 3 is 2.32 bits per heavy atom. The molecule has 2 heterocycles. The number of alkyl halides is 3. The minimum Gasteiger partial charge on any atom is -0.489 e. The van der Waals surface area contributed by atoms with E-state index >= 15 is 0 Å². The predicted octanol–water partition coefficient (Wildman–Crippen LogP) is 3.49. The lowest BCUT2D eigenvalue weighted by molar-refractivity contribution is -0.143. The molecule has 0 spiro atoms. The number of carbonyl (C=O) groups excluding carboxylic acids is 2. The van der Waals surface area contributed by atoms with E-state index in [0.29, 0.717) is 13.1 Å². The van der Waals surface area contributed by atoms with E-state index in [2.05, 4.69) is 10.3 Å². The van der Waals surface area contributed by atoms with Crippen LogP contribution in [0.5, 0.6) is 5.75 Å². The Bertz CT molecular complexity index is 839. The minimum absolute atomic E-state index is 0.0689. The summed E-state index contributed by atoms with van der Waals surface area (Å²) in [5.74, 6) is -0.649. The maximum absolute atomic E-state index is 13.1. The molecule has 1 saturated heterocycles. The van der Waals surface area contributed by atoms with Crippen LogP contribution in [0.25, 0.3) is 0 Å².